The van der Waals surface area contributed by atoms with E-state index in [1.807, 2.05) is 14.1 Å². The molecule has 0 aromatic heterocycles. The topological polar surface area (TPSA) is 107 Å². The standard InChI is InChI=1S/C32H58N2O5S/c1-23(10-15-29(35)33-20-8-21-34(4,5)22-17-30(36)40(37,38)39)26-13-14-27-25-12-11-24-9-6-7-18-31(24,2)28(25)16-19-32(26,27)3/h23-28,30,36H,6-22H2,1-5H3,(H-,33,35,37,38,39)/t23-,24?,25?,26-,27?,28?,30?,31+,32-/m1/s1. The maximum atomic E-state index is 12.7. The zero-order valence-corrected chi connectivity index (χ0v) is 26.8. The number of aliphatic hydroxyl groups excluding tert-OH is 1. The minimum absolute atomic E-state index is 0.0781. The molecule has 4 rings (SSSR count). The lowest BCUT2D eigenvalue weighted by Gasteiger charge is -2.61. The van der Waals surface area contributed by atoms with Crippen LogP contribution in [0.3, 0.4) is 0 Å². The Morgan fingerprint density at radius 2 is 1.70 bits per heavy atom. The largest absolute Gasteiger partial charge is 0.746 e. The van der Waals surface area contributed by atoms with Crippen LogP contribution < -0.4 is 5.32 Å². The molecule has 4 saturated carbocycles. The number of carbonyl (C=O) groups excluding carboxylic acids is 1. The molecule has 4 aliphatic carbocycles. The van der Waals surface area contributed by atoms with E-state index in [-0.39, 0.29) is 12.3 Å². The first-order chi connectivity index (χ1) is 18.7. The normalized spacial score (nSPS) is 37.6. The molecule has 0 aromatic rings. The van der Waals surface area contributed by atoms with Gasteiger partial charge in [0.1, 0.15) is 15.6 Å². The van der Waals surface area contributed by atoms with E-state index in [1.54, 1.807) is 0 Å². The summed E-state index contributed by atoms with van der Waals surface area (Å²) in [7, 11) is -0.781. The van der Waals surface area contributed by atoms with E-state index < -0.39 is 15.6 Å². The molecule has 0 aromatic carbocycles. The SMILES string of the molecule is C[C@H](CCC(=O)NCCC[N+](C)(C)CCC(O)S(=O)(=O)[O-])[C@H]1CCC2C3CCC4CCCC[C@]4(C)C3CC[C@@]21C. The van der Waals surface area contributed by atoms with Gasteiger partial charge in [-0.05, 0) is 104 Å². The summed E-state index contributed by atoms with van der Waals surface area (Å²) >= 11 is 0. The van der Waals surface area contributed by atoms with Gasteiger partial charge in [-0.1, -0.05) is 33.6 Å². The average molecular weight is 583 g/mol. The third-order valence-corrected chi connectivity index (χ3v) is 13.6. The van der Waals surface area contributed by atoms with Crippen LogP contribution in [0.1, 0.15) is 111 Å². The van der Waals surface area contributed by atoms with Crippen molar-refractivity contribution in [1.29, 1.82) is 0 Å². The number of nitrogens with one attached hydrogen (secondary N) is 1. The van der Waals surface area contributed by atoms with Crippen molar-refractivity contribution in [3.63, 3.8) is 0 Å². The van der Waals surface area contributed by atoms with Gasteiger partial charge in [0, 0.05) is 25.8 Å². The Labute approximate surface area is 244 Å². The highest BCUT2D eigenvalue weighted by Gasteiger charge is 2.60. The fourth-order valence-corrected chi connectivity index (χ4v) is 10.8. The molecule has 0 heterocycles. The Hall–Kier alpha value is -0.700. The second-order valence-corrected chi connectivity index (χ2v) is 17.0. The predicted molar refractivity (Wildman–Crippen MR) is 158 cm³/mol. The van der Waals surface area contributed by atoms with Gasteiger partial charge in [-0.2, -0.15) is 0 Å². The van der Waals surface area contributed by atoms with Crippen LogP contribution in [-0.2, 0) is 14.9 Å². The molecule has 0 aliphatic heterocycles. The number of quaternary nitrogens is 1. The predicted octanol–water partition coefficient (Wildman–Crippen LogP) is 5.29. The van der Waals surface area contributed by atoms with Gasteiger partial charge in [0.05, 0.1) is 27.2 Å². The molecule has 9 atom stereocenters. The van der Waals surface area contributed by atoms with Gasteiger partial charge in [0.2, 0.25) is 5.91 Å². The van der Waals surface area contributed by atoms with Gasteiger partial charge < -0.3 is 19.5 Å². The number of rotatable bonds is 12. The molecule has 2 N–H and O–H groups in total. The van der Waals surface area contributed by atoms with Gasteiger partial charge >= 0.3 is 0 Å². The van der Waals surface area contributed by atoms with Crippen molar-refractivity contribution in [2.24, 2.45) is 46.3 Å². The Morgan fingerprint density at radius 3 is 2.42 bits per heavy atom. The maximum Gasteiger partial charge on any atom is 0.220 e. The van der Waals surface area contributed by atoms with Gasteiger partial charge in [0.25, 0.3) is 0 Å². The summed E-state index contributed by atoms with van der Waals surface area (Å²) in [6, 6.07) is 0. The van der Waals surface area contributed by atoms with E-state index in [4.69, 9.17) is 0 Å². The summed E-state index contributed by atoms with van der Waals surface area (Å²) in [6.45, 7) is 9.37. The second-order valence-electron chi connectivity index (χ2n) is 15.5. The summed E-state index contributed by atoms with van der Waals surface area (Å²) in [5.74, 6) is 5.14. The lowest BCUT2D eigenvalue weighted by atomic mass is 9.44. The molecule has 7 nitrogen and oxygen atoms in total. The van der Waals surface area contributed by atoms with Crippen LogP contribution >= 0.6 is 0 Å². The number of hydrogen-bond donors (Lipinski definition) is 2. The van der Waals surface area contributed by atoms with Gasteiger partial charge in [-0.15, -0.1) is 0 Å². The Bertz CT molecular complexity index is 986. The zero-order chi connectivity index (χ0) is 29.3. The molecule has 5 unspecified atom stereocenters. The third kappa shape index (κ3) is 6.92. The molecule has 4 aliphatic rings. The van der Waals surface area contributed by atoms with Crippen LogP contribution in [0, 0.1) is 46.3 Å². The number of amides is 1. The van der Waals surface area contributed by atoms with Gasteiger partial charge in [-0.25, -0.2) is 8.42 Å². The molecular formula is C32H58N2O5S. The van der Waals surface area contributed by atoms with Gasteiger partial charge in [0.15, 0.2) is 0 Å². The van der Waals surface area contributed by atoms with Crippen LogP contribution in [0.5, 0.6) is 0 Å². The fraction of sp³-hybridized carbons (Fsp3) is 0.969. The number of carbonyl (C=O) groups is 1. The quantitative estimate of drug-likeness (QED) is 0.185. The molecule has 232 valence electrons. The first-order valence-electron chi connectivity index (χ1n) is 16.4. The monoisotopic (exact) mass is 582 g/mol. The summed E-state index contributed by atoms with van der Waals surface area (Å²) in [4.78, 5) is 12.7. The van der Waals surface area contributed by atoms with Crippen molar-refractivity contribution in [3.8, 4) is 0 Å². The lowest BCUT2D eigenvalue weighted by Crippen LogP contribution is -2.53. The molecule has 0 bridgehead atoms. The van der Waals surface area contributed by atoms with Crippen LogP contribution in [0.15, 0.2) is 0 Å². The Balaban J connectivity index is 1.20. The summed E-state index contributed by atoms with van der Waals surface area (Å²) in [5.41, 5.74) is -0.816. The third-order valence-electron chi connectivity index (χ3n) is 12.7. The Kier molecular flexibility index (Phi) is 10.1. The van der Waals surface area contributed by atoms with E-state index in [1.165, 1.54) is 64.2 Å². The molecular weight excluding hydrogens is 524 g/mol. The summed E-state index contributed by atoms with van der Waals surface area (Å²) in [6.07, 6.45) is 16.5. The van der Waals surface area contributed by atoms with Crippen molar-refractivity contribution in [2.75, 3.05) is 33.7 Å². The molecule has 4 fully saturated rings. The van der Waals surface area contributed by atoms with E-state index in [0.717, 1.165) is 49.0 Å². The molecule has 40 heavy (non-hydrogen) atoms. The highest BCUT2D eigenvalue weighted by atomic mass is 32.2. The first kappa shape index (κ1) is 32.2. The van der Waals surface area contributed by atoms with Crippen LogP contribution in [-0.4, -0.2) is 67.6 Å². The molecule has 0 spiro atoms. The molecule has 8 heteroatoms. The lowest BCUT2D eigenvalue weighted by molar-refractivity contribution is -0.890. The molecule has 0 saturated heterocycles. The Morgan fingerprint density at radius 1 is 0.975 bits per heavy atom. The minimum Gasteiger partial charge on any atom is -0.746 e. The number of fused-ring (bicyclic) bond motifs is 5. The molecule has 0 radical (unpaired) electrons. The maximum absolute atomic E-state index is 12.7. The second kappa shape index (κ2) is 12.5. The number of hydrogen-bond acceptors (Lipinski definition) is 5. The smallest absolute Gasteiger partial charge is 0.220 e. The minimum atomic E-state index is -4.67. The highest BCUT2D eigenvalue weighted by molar-refractivity contribution is 7.86. The number of nitrogens with zero attached hydrogens (tertiary/aromatic N) is 1. The summed E-state index contributed by atoms with van der Waals surface area (Å²) in [5, 5.41) is 12.6. The summed E-state index contributed by atoms with van der Waals surface area (Å²) < 4.78 is 33.2. The molecule has 1 amide bonds. The van der Waals surface area contributed by atoms with E-state index in [0.29, 0.717) is 40.7 Å². The van der Waals surface area contributed by atoms with E-state index >= 15 is 0 Å². The number of aliphatic hydroxyl groups is 1. The fourth-order valence-electron chi connectivity index (χ4n) is 10.4. The highest BCUT2D eigenvalue weighted by Crippen LogP contribution is 2.68. The van der Waals surface area contributed by atoms with Crippen molar-refractivity contribution in [1.82, 2.24) is 5.32 Å². The van der Waals surface area contributed by atoms with Crippen molar-refractivity contribution < 1.29 is 27.4 Å². The van der Waals surface area contributed by atoms with Crippen molar-refractivity contribution >= 4 is 16.0 Å². The van der Waals surface area contributed by atoms with E-state index in [2.05, 4.69) is 26.1 Å². The van der Waals surface area contributed by atoms with E-state index in [9.17, 15) is 22.9 Å². The zero-order valence-electron chi connectivity index (χ0n) is 26.0. The first-order valence-corrected chi connectivity index (χ1v) is 17.9. The van der Waals surface area contributed by atoms with Crippen LogP contribution in [0.25, 0.3) is 0 Å². The van der Waals surface area contributed by atoms with Gasteiger partial charge in [-0.3, -0.25) is 4.79 Å². The van der Waals surface area contributed by atoms with Crippen LogP contribution in [0.4, 0.5) is 0 Å². The average Bonchev–Trinajstić information content (AvgIpc) is 3.25. The van der Waals surface area contributed by atoms with Crippen molar-refractivity contribution in [2.45, 2.75) is 116 Å². The van der Waals surface area contributed by atoms with Crippen molar-refractivity contribution in [3.05, 3.63) is 0 Å². The van der Waals surface area contributed by atoms with Crippen LogP contribution in [0.2, 0.25) is 0 Å².